The quantitative estimate of drug-likeness (QED) is 0.253. The summed E-state index contributed by atoms with van der Waals surface area (Å²) in [5, 5.41) is 8.22. The third kappa shape index (κ3) is 9.97. The molecule has 2 aromatic carbocycles. The van der Waals surface area contributed by atoms with Gasteiger partial charge in [0.15, 0.2) is 0 Å². The predicted octanol–water partition coefficient (Wildman–Crippen LogP) is 1.44. The molecule has 9 nitrogen and oxygen atoms in total. The zero-order chi connectivity index (χ0) is 28.2. The van der Waals surface area contributed by atoms with Crippen molar-refractivity contribution in [2.45, 2.75) is 71.1 Å². The van der Waals surface area contributed by atoms with Crippen LogP contribution in [-0.4, -0.2) is 47.8 Å². The number of carbonyl (C=O) groups is 4. The van der Waals surface area contributed by atoms with Crippen LogP contribution in [0.15, 0.2) is 60.7 Å². The van der Waals surface area contributed by atoms with Gasteiger partial charge in [0.05, 0.1) is 6.04 Å². The zero-order valence-electron chi connectivity index (χ0n) is 22.6. The van der Waals surface area contributed by atoms with Crippen LogP contribution < -0.4 is 27.4 Å². The maximum absolute atomic E-state index is 13.4. The fourth-order valence-corrected chi connectivity index (χ4v) is 4.07. The van der Waals surface area contributed by atoms with Gasteiger partial charge in [-0.1, -0.05) is 88.4 Å². The lowest BCUT2D eigenvalue weighted by atomic mass is 9.99. The van der Waals surface area contributed by atoms with Gasteiger partial charge in [0.1, 0.15) is 18.1 Å². The third-order valence-electron chi connectivity index (χ3n) is 6.16. The van der Waals surface area contributed by atoms with Crippen molar-refractivity contribution < 1.29 is 19.2 Å². The van der Waals surface area contributed by atoms with Gasteiger partial charge in [0, 0.05) is 6.42 Å². The van der Waals surface area contributed by atoms with Gasteiger partial charge in [0.25, 0.3) is 0 Å². The number of hydrogen-bond donors (Lipinski definition) is 5. The second-order valence-corrected chi connectivity index (χ2v) is 10.4. The molecular formula is C29H41N5O4. The number of nitrogens with two attached hydrogens (primary N) is 2. The minimum Gasteiger partial charge on any atom is -0.368 e. The summed E-state index contributed by atoms with van der Waals surface area (Å²) in [4.78, 5) is 51.4. The molecule has 4 atom stereocenters. The highest BCUT2D eigenvalue weighted by Crippen LogP contribution is 2.10. The molecule has 0 spiro atoms. The lowest BCUT2D eigenvalue weighted by Crippen LogP contribution is -2.59. The second kappa shape index (κ2) is 14.9. The van der Waals surface area contributed by atoms with Crippen LogP contribution >= 0.6 is 0 Å². The second-order valence-electron chi connectivity index (χ2n) is 10.4. The summed E-state index contributed by atoms with van der Waals surface area (Å²) in [6.07, 6.45) is 0.886. The van der Waals surface area contributed by atoms with Crippen molar-refractivity contribution in [3.8, 4) is 0 Å². The predicted molar refractivity (Wildman–Crippen MR) is 148 cm³/mol. The molecule has 0 heterocycles. The van der Waals surface area contributed by atoms with Crippen molar-refractivity contribution in [3.05, 3.63) is 71.8 Å². The Hall–Kier alpha value is -3.72. The monoisotopic (exact) mass is 523 g/mol. The van der Waals surface area contributed by atoms with Crippen LogP contribution in [-0.2, 0) is 32.0 Å². The van der Waals surface area contributed by atoms with Crippen LogP contribution in [0.3, 0.4) is 0 Å². The van der Waals surface area contributed by atoms with Crippen molar-refractivity contribution in [1.29, 1.82) is 0 Å². The fourth-order valence-electron chi connectivity index (χ4n) is 4.07. The van der Waals surface area contributed by atoms with Crippen molar-refractivity contribution >= 4 is 23.6 Å². The largest absolute Gasteiger partial charge is 0.368 e. The minimum atomic E-state index is -0.991. The molecule has 7 N–H and O–H groups in total. The summed E-state index contributed by atoms with van der Waals surface area (Å²) in [5.74, 6) is -2.30. The first-order chi connectivity index (χ1) is 18.0. The Bertz CT molecular complexity index is 1060. The van der Waals surface area contributed by atoms with Crippen molar-refractivity contribution in [1.82, 2.24) is 16.0 Å². The van der Waals surface area contributed by atoms with Crippen LogP contribution in [0.2, 0.25) is 0 Å². The van der Waals surface area contributed by atoms with Crippen LogP contribution in [0.4, 0.5) is 0 Å². The molecule has 0 fully saturated rings. The van der Waals surface area contributed by atoms with E-state index in [9.17, 15) is 19.2 Å². The first kappa shape index (κ1) is 30.5. The molecule has 4 amide bonds. The maximum Gasteiger partial charge on any atom is 0.243 e. The summed E-state index contributed by atoms with van der Waals surface area (Å²) in [5.41, 5.74) is 13.4. The van der Waals surface area contributed by atoms with E-state index in [1.165, 1.54) is 0 Å². The van der Waals surface area contributed by atoms with E-state index in [2.05, 4.69) is 16.0 Å². The maximum atomic E-state index is 13.4. The van der Waals surface area contributed by atoms with Gasteiger partial charge >= 0.3 is 0 Å². The molecule has 0 aliphatic heterocycles. The minimum absolute atomic E-state index is 0.121. The lowest BCUT2D eigenvalue weighted by Gasteiger charge is -2.27. The Labute approximate surface area is 225 Å². The van der Waals surface area contributed by atoms with E-state index in [1.807, 2.05) is 74.5 Å². The van der Waals surface area contributed by atoms with Gasteiger partial charge in [-0.25, -0.2) is 0 Å². The first-order valence-electron chi connectivity index (χ1n) is 13.0. The highest BCUT2D eigenvalue weighted by atomic mass is 16.2. The topological polar surface area (TPSA) is 156 Å². The summed E-state index contributed by atoms with van der Waals surface area (Å²) in [6, 6.07) is 15.0. The average Bonchev–Trinajstić information content (AvgIpc) is 2.86. The molecule has 0 aromatic heterocycles. The number of primary amides is 1. The summed E-state index contributed by atoms with van der Waals surface area (Å²) in [6.45, 7) is 7.43. The molecule has 0 radical (unpaired) electrons. The SMILES string of the molecule is CC(C)C[C@H](NC(=O)[C@H](Cc1ccccc1)NC(=O)[C@@H](NC(=O)[C@@H](N)Cc1ccccc1)C(C)C)C(N)=O. The van der Waals surface area contributed by atoms with Crippen molar-refractivity contribution in [2.75, 3.05) is 0 Å². The standard InChI is InChI=1S/C29H41N5O4/c1-18(2)15-23(26(31)35)32-28(37)24(17-21-13-9-6-10-14-21)33-29(38)25(19(3)4)34-27(36)22(30)16-20-11-7-5-8-12-20/h5-14,18-19,22-25H,15-17,30H2,1-4H3,(H2,31,35)(H,32,37)(H,33,38)(H,34,36)/t22-,23-,24-,25-/m0/s1. The smallest absolute Gasteiger partial charge is 0.243 e. The van der Waals surface area contributed by atoms with Crippen LogP contribution in [0.5, 0.6) is 0 Å². The molecule has 2 aromatic rings. The molecule has 0 bridgehead atoms. The number of amides is 4. The van der Waals surface area contributed by atoms with E-state index >= 15 is 0 Å². The molecule has 0 unspecified atom stereocenters. The van der Waals surface area contributed by atoms with Crippen LogP contribution in [0.25, 0.3) is 0 Å². The van der Waals surface area contributed by atoms with Gasteiger partial charge in [-0.05, 0) is 35.8 Å². The molecule has 38 heavy (non-hydrogen) atoms. The van der Waals surface area contributed by atoms with Gasteiger partial charge in [-0.15, -0.1) is 0 Å². The van der Waals surface area contributed by atoms with Gasteiger partial charge in [-0.3, -0.25) is 19.2 Å². The first-order valence-corrected chi connectivity index (χ1v) is 13.0. The van der Waals surface area contributed by atoms with E-state index in [4.69, 9.17) is 11.5 Å². The summed E-state index contributed by atoms with van der Waals surface area (Å²) in [7, 11) is 0. The number of rotatable bonds is 14. The van der Waals surface area contributed by atoms with E-state index in [0.717, 1.165) is 11.1 Å². The average molecular weight is 524 g/mol. The number of hydrogen-bond acceptors (Lipinski definition) is 5. The zero-order valence-corrected chi connectivity index (χ0v) is 22.6. The summed E-state index contributed by atoms with van der Waals surface area (Å²) < 4.78 is 0. The van der Waals surface area contributed by atoms with Gasteiger partial charge in [0.2, 0.25) is 23.6 Å². The lowest BCUT2D eigenvalue weighted by molar-refractivity contribution is -0.134. The molecule has 0 saturated heterocycles. The third-order valence-corrected chi connectivity index (χ3v) is 6.16. The molecular weight excluding hydrogens is 482 g/mol. The van der Waals surface area contributed by atoms with Gasteiger partial charge in [-0.2, -0.15) is 0 Å². The Morgan fingerprint density at radius 1 is 0.684 bits per heavy atom. The Balaban J connectivity index is 2.17. The van der Waals surface area contributed by atoms with Crippen molar-refractivity contribution in [3.63, 3.8) is 0 Å². The number of nitrogens with one attached hydrogen (secondary N) is 3. The van der Waals surface area contributed by atoms with Crippen LogP contribution in [0.1, 0.15) is 45.2 Å². The van der Waals surface area contributed by atoms with E-state index in [0.29, 0.717) is 12.8 Å². The number of benzene rings is 2. The molecule has 0 aliphatic carbocycles. The number of carbonyl (C=O) groups excluding carboxylic acids is 4. The highest BCUT2D eigenvalue weighted by Gasteiger charge is 2.31. The van der Waals surface area contributed by atoms with Crippen LogP contribution in [0, 0.1) is 11.8 Å². The molecule has 0 aliphatic rings. The molecule has 206 valence electrons. The highest BCUT2D eigenvalue weighted by molar-refractivity contribution is 5.94. The molecule has 9 heteroatoms. The van der Waals surface area contributed by atoms with E-state index in [1.54, 1.807) is 13.8 Å². The summed E-state index contributed by atoms with van der Waals surface area (Å²) >= 11 is 0. The molecule has 2 rings (SSSR count). The van der Waals surface area contributed by atoms with E-state index in [-0.39, 0.29) is 18.3 Å². The van der Waals surface area contributed by atoms with Gasteiger partial charge < -0.3 is 27.4 Å². The van der Waals surface area contributed by atoms with E-state index < -0.39 is 47.8 Å². The Kier molecular flexibility index (Phi) is 11.9. The Morgan fingerprint density at radius 2 is 1.18 bits per heavy atom. The molecule has 0 saturated carbocycles. The Morgan fingerprint density at radius 3 is 1.66 bits per heavy atom. The normalized spacial score (nSPS) is 14.3. The fraction of sp³-hybridized carbons (Fsp3) is 0.448. The van der Waals surface area contributed by atoms with Crippen molar-refractivity contribution in [2.24, 2.45) is 23.3 Å².